The predicted octanol–water partition coefficient (Wildman–Crippen LogP) is 2.39. The van der Waals surface area contributed by atoms with Gasteiger partial charge in [-0.05, 0) is 37.1 Å². The maximum absolute atomic E-state index is 12.8. The van der Waals surface area contributed by atoms with Gasteiger partial charge in [-0.15, -0.1) is 0 Å². The van der Waals surface area contributed by atoms with Crippen LogP contribution in [-0.2, 0) is 16.6 Å². The second kappa shape index (κ2) is 6.76. The fourth-order valence-corrected chi connectivity index (χ4v) is 3.87. The normalized spacial score (nSPS) is 11.5. The van der Waals surface area contributed by atoms with Crippen LogP contribution in [-0.4, -0.2) is 22.7 Å². The lowest BCUT2D eigenvalue weighted by Crippen LogP contribution is -2.31. The zero-order valence-electron chi connectivity index (χ0n) is 14.4. The molecule has 26 heavy (non-hydrogen) atoms. The van der Waals surface area contributed by atoms with Crippen LogP contribution in [0.3, 0.4) is 0 Å². The molecule has 0 bridgehead atoms. The van der Waals surface area contributed by atoms with Crippen LogP contribution in [0.5, 0.6) is 0 Å². The molecule has 0 aliphatic heterocycles. The molecule has 3 aromatic rings. The second-order valence-corrected chi connectivity index (χ2v) is 7.86. The van der Waals surface area contributed by atoms with Gasteiger partial charge in [-0.3, -0.25) is 9.36 Å². The average Bonchev–Trinajstić information content (AvgIpc) is 2.99. The molecule has 0 aliphatic rings. The van der Waals surface area contributed by atoms with Crippen molar-refractivity contribution < 1.29 is 13.2 Å². The molecule has 0 unspecified atom stereocenters. The number of aromatic nitrogens is 2. The van der Waals surface area contributed by atoms with E-state index in [9.17, 15) is 18.0 Å². The lowest BCUT2D eigenvalue weighted by atomic mass is 10.1. The molecule has 1 heterocycles. The number of nitrogens with zero attached hydrogens (tertiary/aromatic N) is 2. The summed E-state index contributed by atoms with van der Waals surface area (Å²) in [4.78, 5) is 24.8. The van der Waals surface area contributed by atoms with Gasteiger partial charge in [-0.2, -0.15) is 3.97 Å². The third kappa shape index (κ3) is 3.25. The third-order valence-corrected chi connectivity index (χ3v) is 5.91. The van der Waals surface area contributed by atoms with E-state index in [1.807, 2.05) is 6.92 Å². The molecule has 6 nitrogen and oxygen atoms in total. The molecule has 0 atom stereocenters. The molecule has 0 spiro atoms. The van der Waals surface area contributed by atoms with Gasteiger partial charge in [0.25, 0.3) is 10.0 Å². The van der Waals surface area contributed by atoms with Gasteiger partial charge >= 0.3 is 5.69 Å². The number of aryl methyl sites for hydroxylation is 2. The molecule has 0 amide bonds. The lowest BCUT2D eigenvalue weighted by Gasteiger charge is -2.07. The van der Waals surface area contributed by atoms with Gasteiger partial charge in [-0.25, -0.2) is 13.2 Å². The van der Waals surface area contributed by atoms with Gasteiger partial charge in [-0.1, -0.05) is 36.4 Å². The van der Waals surface area contributed by atoms with E-state index in [4.69, 9.17) is 0 Å². The van der Waals surface area contributed by atoms with E-state index in [1.165, 1.54) is 24.5 Å². The minimum Gasteiger partial charge on any atom is -0.292 e. The number of hydrogen-bond acceptors (Lipinski definition) is 4. The highest BCUT2D eigenvalue weighted by Gasteiger charge is 2.21. The summed E-state index contributed by atoms with van der Waals surface area (Å²) in [5, 5.41) is 0. The van der Waals surface area contributed by atoms with E-state index >= 15 is 0 Å². The van der Waals surface area contributed by atoms with Crippen molar-refractivity contribution in [3.8, 4) is 0 Å². The van der Waals surface area contributed by atoms with Crippen LogP contribution in [0, 0.1) is 13.8 Å². The first-order valence-corrected chi connectivity index (χ1v) is 9.43. The van der Waals surface area contributed by atoms with Gasteiger partial charge in [0.1, 0.15) is 0 Å². The molecule has 0 saturated carbocycles. The Balaban J connectivity index is 1.94. The zero-order chi connectivity index (χ0) is 18.9. The number of rotatable bonds is 5. The van der Waals surface area contributed by atoms with E-state index in [0.29, 0.717) is 9.54 Å². The van der Waals surface area contributed by atoms with Gasteiger partial charge in [0.05, 0.1) is 11.4 Å². The predicted molar refractivity (Wildman–Crippen MR) is 98.0 cm³/mol. The highest BCUT2D eigenvalue weighted by molar-refractivity contribution is 7.90. The molecular formula is C19H18N2O4S. The van der Waals surface area contributed by atoms with E-state index < -0.39 is 15.7 Å². The largest absolute Gasteiger partial charge is 0.342 e. The van der Waals surface area contributed by atoms with Crippen LogP contribution in [0.4, 0.5) is 0 Å². The van der Waals surface area contributed by atoms with Crippen LogP contribution in [0.25, 0.3) is 0 Å². The number of carbonyl (C=O) groups excluding carboxylic acids is 1. The maximum atomic E-state index is 12.8. The van der Waals surface area contributed by atoms with Crippen LogP contribution >= 0.6 is 0 Å². The first-order valence-electron chi connectivity index (χ1n) is 7.99. The molecule has 0 saturated heterocycles. The minimum atomic E-state index is -4.02. The first kappa shape index (κ1) is 17.9. The number of benzene rings is 2. The fraction of sp³-hybridized carbons (Fsp3) is 0.158. The lowest BCUT2D eigenvalue weighted by molar-refractivity contribution is 0.0971. The minimum absolute atomic E-state index is 0.0369. The number of imidazole rings is 1. The van der Waals surface area contributed by atoms with Crippen molar-refractivity contribution >= 4 is 15.8 Å². The first-order chi connectivity index (χ1) is 12.3. The Morgan fingerprint density at radius 2 is 1.65 bits per heavy atom. The molecule has 0 N–H and O–H groups in total. The highest BCUT2D eigenvalue weighted by Crippen LogP contribution is 2.16. The third-order valence-electron chi connectivity index (χ3n) is 4.26. The standard InChI is InChI=1S/C19H18N2O4S/c1-14-8-9-17(12-15(14)2)26(24,25)21-11-10-20(19(21)23)13-18(22)16-6-4-3-5-7-16/h3-12H,13H2,1-2H3. The molecule has 0 radical (unpaired) electrons. The molecule has 134 valence electrons. The van der Waals surface area contributed by atoms with Gasteiger partial charge in [0.15, 0.2) is 5.78 Å². The molecule has 1 aromatic heterocycles. The van der Waals surface area contributed by atoms with Gasteiger partial charge in [0, 0.05) is 18.0 Å². The Hall–Kier alpha value is -2.93. The van der Waals surface area contributed by atoms with E-state index in [2.05, 4.69) is 0 Å². The Bertz CT molecular complexity index is 1130. The van der Waals surface area contributed by atoms with E-state index in [-0.39, 0.29) is 17.2 Å². The summed E-state index contributed by atoms with van der Waals surface area (Å²) in [6, 6.07) is 13.2. The van der Waals surface area contributed by atoms with Crippen LogP contribution < -0.4 is 5.69 Å². The van der Waals surface area contributed by atoms with Crippen molar-refractivity contribution in [1.82, 2.24) is 8.54 Å². The Kier molecular flexibility index (Phi) is 4.65. The molecule has 2 aromatic carbocycles. The number of ketones is 1. The fourth-order valence-electron chi connectivity index (χ4n) is 2.56. The molecule has 7 heteroatoms. The van der Waals surface area contributed by atoms with Gasteiger partial charge in [0.2, 0.25) is 0 Å². The van der Waals surface area contributed by atoms with Crippen molar-refractivity contribution in [3.63, 3.8) is 0 Å². The van der Waals surface area contributed by atoms with Crippen molar-refractivity contribution in [2.45, 2.75) is 25.3 Å². The number of Topliss-reactive ketones (excluding diaryl/α,β-unsaturated/α-hetero) is 1. The smallest absolute Gasteiger partial charge is 0.292 e. The summed E-state index contributed by atoms with van der Waals surface area (Å²) in [6.07, 6.45) is 2.48. The van der Waals surface area contributed by atoms with Crippen molar-refractivity contribution in [3.05, 3.63) is 88.1 Å². The number of carbonyl (C=O) groups is 1. The van der Waals surface area contributed by atoms with Crippen molar-refractivity contribution in [1.29, 1.82) is 0 Å². The summed E-state index contributed by atoms with van der Waals surface area (Å²) < 4.78 is 27.3. The topological polar surface area (TPSA) is 78.1 Å². The highest BCUT2D eigenvalue weighted by atomic mass is 32.2. The second-order valence-electron chi connectivity index (χ2n) is 6.04. The number of hydrogen-bond donors (Lipinski definition) is 0. The maximum Gasteiger partial charge on any atom is 0.342 e. The summed E-state index contributed by atoms with van der Waals surface area (Å²) in [5.41, 5.74) is 1.47. The monoisotopic (exact) mass is 370 g/mol. The summed E-state index contributed by atoms with van der Waals surface area (Å²) in [7, 11) is -4.02. The molecule has 0 aliphatic carbocycles. The summed E-state index contributed by atoms with van der Waals surface area (Å²) in [6.45, 7) is 3.46. The van der Waals surface area contributed by atoms with Crippen LogP contribution in [0.15, 0.2) is 70.6 Å². The summed E-state index contributed by atoms with van der Waals surface area (Å²) in [5.74, 6) is -0.269. The molecule has 0 fully saturated rings. The zero-order valence-corrected chi connectivity index (χ0v) is 15.2. The molecule has 3 rings (SSSR count). The average molecular weight is 370 g/mol. The Labute approximate surface area is 151 Å². The Morgan fingerprint density at radius 3 is 2.31 bits per heavy atom. The van der Waals surface area contributed by atoms with E-state index in [1.54, 1.807) is 43.3 Å². The SMILES string of the molecule is Cc1ccc(S(=O)(=O)n2ccn(CC(=O)c3ccccc3)c2=O)cc1C. The molecular weight excluding hydrogens is 352 g/mol. The van der Waals surface area contributed by atoms with Crippen molar-refractivity contribution in [2.75, 3.05) is 0 Å². The van der Waals surface area contributed by atoms with Crippen LogP contribution in [0.2, 0.25) is 0 Å². The van der Waals surface area contributed by atoms with Crippen molar-refractivity contribution in [2.24, 2.45) is 0 Å². The van der Waals surface area contributed by atoms with Crippen LogP contribution in [0.1, 0.15) is 21.5 Å². The van der Waals surface area contributed by atoms with E-state index in [0.717, 1.165) is 15.7 Å². The summed E-state index contributed by atoms with van der Waals surface area (Å²) >= 11 is 0. The Morgan fingerprint density at radius 1 is 0.962 bits per heavy atom. The van der Waals surface area contributed by atoms with Gasteiger partial charge < -0.3 is 0 Å². The quantitative estimate of drug-likeness (QED) is 0.646.